The van der Waals surface area contributed by atoms with Crippen molar-refractivity contribution in [2.75, 3.05) is 51.8 Å². The number of rotatable bonds is 4. The molecular weight excluding hydrogens is 358 g/mol. The second kappa shape index (κ2) is 9.73. The molecule has 28 heavy (non-hydrogen) atoms. The van der Waals surface area contributed by atoms with E-state index in [-0.39, 0.29) is 18.0 Å². The smallest absolute Gasteiger partial charge is 0.308 e. The number of nitrogens with one attached hydrogen (secondary N) is 1. The number of pyridine rings is 1. The first kappa shape index (κ1) is 20.4. The van der Waals surface area contributed by atoms with E-state index in [9.17, 15) is 4.79 Å². The highest BCUT2D eigenvalue weighted by molar-refractivity contribution is 5.80. The lowest BCUT2D eigenvalue weighted by atomic mass is 9.97. The number of aromatic nitrogens is 1. The number of hydrogen-bond donors (Lipinski definition) is 1. The number of guanidine groups is 1. The van der Waals surface area contributed by atoms with E-state index in [1.54, 1.807) is 7.05 Å². The van der Waals surface area contributed by atoms with Crippen LogP contribution in [0.2, 0.25) is 0 Å². The summed E-state index contributed by atoms with van der Waals surface area (Å²) in [6.07, 6.45) is 3.74. The molecule has 0 amide bonds. The van der Waals surface area contributed by atoms with Crippen LogP contribution in [0.15, 0.2) is 23.3 Å². The first-order valence-electron chi connectivity index (χ1n) is 9.95. The van der Waals surface area contributed by atoms with Crippen LogP contribution in [0.1, 0.15) is 25.3 Å². The minimum atomic E-state index is -0.108. The van der Waals surface area contributed by atoms with Crippen LogP contribution in [0.5, 0.6) is 0 Å². The van der Waals surface area contributed by atoms with Crippen LogP contribution < -0.4 is 10.2 Å². The molecule has 0 bridgehead atoms. The summed E-state index contributed by atoms with van der Waals surface area (Å²) in [6.45, 7) is 6.84. The van der Waals surface area contributed by atoms with Gasteiger partial charge in [-0.25, -0.2) is 4.98 Å². The molecule has 2 fully saturated rings. The quantitative estimate of drug-likeness (QED) is 0.472. The van der Waals surface area contributed by atoms with E-state index in [0.717, 1.165) is 63.0 Å². The molecule has 3 rings (SSSR count). The van der Waals surface area contributed by atoms with Crippen LogP contribution >= 0.6 is 0 Å². The van der Waals surface area contributed by atoms with Crippen molar-refractivity contribution in [2.45, 2.75) is 32.4 Å². The molecule has 2 saturated heterocycles. The van der Waals surface area contributed by atoms with Crippen molar-refractivity contribution in [3.8, 4) is 0 Å². The average Bonchev–Trinajstić information content (AvgIpc) is 2.74. The van der Waals surface area contributed by atoms with Gasteiger partial charge >= 0.3 is 5.97 Å². The van der Waals surface area contributed by atoms with Gasteiger partial charge in [-0.15, -0.1) is 0 Å². The number of ether oxygens (including phenoxy) is 2. The highest BCUT2D eigenvalue weighted by Crippen LogP contribution is 2.19. The maximum absolute atomic E-state index is 11.7. The zero-order valence-corrected chi connectivity index (χ0v) is 17.1. The van der Waals surface area contributed by atoms with Gasteiger partial charge in [0.15, 0.2) is 5.96 Å². The van der Waals surface area contributed by atoms with Gasteiger partial charge in [-0.3, -0.25) is 9.79 Å². The summed E-state index contributed by atoms with van der Waals surface area (Å²) in [5.41, 5.74) is 1.11. The van der Waals surface area contributed by atoms with E-state index >= 15 is 0 Å². The summed E-state index contributed by atoms with van der Waals surface area (Å²) in [4.78, 5) is 25.1. The third kappa shape index (κ3) is 5.13. The summed E-state index contributed by atoms with van der Waals surface area (Å²) in [5.74, 6) is 1.74. The summed E-state index contributed by atoms with van der Waals surface area (Å²) in [6, 6.07) is 4.17. The van der Waals surface area contributed by atoms with Gasteiger partial charge in [-0.05, 0) is 31.4 Å². The molecule has 8 nitrogen and oxygen atoms in total. The molecule has 8 heteroatoms. The Hall–Kier alpha value is -2.35. The summed E-state index contributed by atoms with van der Waals surface area (Å²) in [5, 5.41) is 3.41. The molecule has 2 aliphatic heterocycles. The van der Waals surface area contributed by atoms with E-state index in [0.29, 0.717) is 6.54 Å². The first-order valence-corrected chi connectivity index (χ1v) is 9.95. The van der Waals surface area contributed by atoms with Gasteiger partial charge < -0.3 is 24.6 Å². The Balaban J connectivity index is 1.49. The lowest BCUT2D eigenvalue weighted by Crippen LogP contribution is -2.46. The number of nitrogens with zero attached hydrogens (tertiary/aromatic N) is 4. The Morgan fingerprint density at radius 1 is 1.36 bits per heavy atom. The topological polar surface area (TPSA) is 79.3 Å². The third-order valence-corrected chi connectivity index (χ3v) is 5.37. The molecule has 1 N–H and O–H groups in total. The third-order valence-electron chi connectivity index (χ3n) is 5.37. The summed E-state index contributed by atoms with van der Waals surface area (Å²) in [7, 11) is 3.24. The Morgan fingerprint density at radius 2 is 2.14 bits per heavy atom. The van der Waals surface area contributed by atoms with E-state index in [1.807, 2.05) is 6.20 Å². The van der Waals surface area contributed by atoms with E-state index < -0.39 is 0 Å². The second-order valence-electron chi connectivity index (χ2n) is 7.34. The molecule has 1 aromatic heterocycles. The normalized spacial score (nSPS) is 21.5. The molecule has 2 aliphatic rings. The molecule has 1 unspecified atom stereocenters. The lowest BCUT2D eigenvalue weighted by Gasteiger charge is -2.33. The predicted molar refractivity (Wildman–Crippen MR) is 108 cm³/mol. The minimum absolute atomic E-state index is 0.000920. The average molecular weight is 390 g/mol. The van der Waals surface area contributed by atoms with Crippen LogP contribution in [-0.4, -0.2) is 74.9 Å². The van der Waals surface area contributed by atoms with Gasteiger partial charge in [0.1, 0.15) is 5.82 Å². The molecule has 1 aromatic rings. The molecule has 154 valence electrons. The number of methoxy groups -OCH3 is 1. The fraction of sp³-hybridized carbons (Fsp3) is 0.650. The molecule has 0 aromatic carbocycles. The molecule has 0 saturated carbocycles. The number of morpholine rings is 1. The van der Waals surface area contributed by atoms with Gasteiger partial charge in [0.2, 0.25) is 0 Å². The second-order valence-corrected chi connectivity index (χ2v) is 7.34. The van der Waals surface area contributed by atoms with Crippen LogP contribution in [0.25, 0.3) is 0 Å². The number of carbonyl (C=O) groups excluding carboxylic acids is 1. The van der Waals surface area contributed by atoms with Crippen molar-refractivity contribution in [3.05, 3.63) is 23.9 Å². The number of piperidine rings is 1. The number of esters is 1. The number of likely N-dealkylation sites (tertiary alicyclic amines) is 1. The van der Waals surface area contributed by atoms with Crippen molar-refractivity contribution >= 4 is 17.7 Å². The molecule has 0 aliphatic carbocycles. The monoisotopic (exact) mass is 389 g/mol. The Bertz CT molecular complexity index is 671. The highest BCUT2D eigenvalue weighted by atomic mass is 16.5. The molecule has 1 atom stereocenters. The largest absolute Gasteiger partial charge is 0.469 e. The molecule has 3 heterocycles. The standard InChI is InChI=1S/C20H31N5O3/c1-15-14-25(10-11-28-15)18-5-4-16(12-22-18)13-23-20(21-2)24-8-6-17(7-9-24)19(26)27-3/h4-5,12,15,17H,6-11,13-14H2,1-3H3,(H,21,23). The number of hydrogen-bond acceptors (Lipinski definition) is 6. The molecule has 0 spiro atoms. The number of anilines is 1. The van der Waals surface area contributed by atoms with Crippen molar-refractivity contribution in [1.82, 2.24) is 15.2 Å². The zero-order chi connectivity index (χ0) is 19.9. The SMILES string of the molecule is CN=C(NCc1ccc(N2CCOC(C)C2)nc1)N1CCC(C(=O)OC)CC1. The lowest BCUT2D eigenvalue weighted by molar-refractivity contribution is -0.146. The maximum Gasteiger partial charge on any atom is 0.308 e. The van der Waals surface area contributed by atoms with Crippen molar-refractivity contribution in [3.63, 3.8) is 0 Å². The predicted octanol–water partition coefficient (Wildman–Crippen LogP) is 1.27. The fourth-order valence-corrected chi connectivity index (χ4v) is 3.74. The van der Waals surface area contributed by atoms with Crippen molar-refractivity contribution < 1.29 is 14.3 Å². The maximum atomic E-state index is 11.7. The number of aliphatic imine (C=N–C) groups is 1. The van der Waals surface area contributed by atoms with Crippen LogP contribution in [0.4, 0.5) is 5.82 Å². The first-order chi connectivity index (χ1) is 13.6. The zero-order valence-electron chi connectivity index (χ0n) is 17.1. The Kier molecular flexibility index (Phi) is 7.08. The minimum Gasteiger partial charge on any atom is -0.469 e. The molecular formula is C20H31N5O3. The van der Waals surface area contributed by atoms with Crippen molar-refractivity contribution in [1.29, 1.82) is 0 Å². The van der Waals surface area contributed by atoms with E-state index in [4.69, 9.17) is 9.47 Å². The molecule has 0 radical (unpaired) electrons. The summed E-state index contributed by atoms with van der Waals surface area (Å²) < 4.78 is 10.4. The Morgan fingerprint density at radius 3 is 2.75 bits per heavy atom. The van der Waals surface area contributed by atoms with Crippen LogP contribution in [-0.2, 0) is 20.8 Å². The Labute approximate surface area is 166 Å². The van der Waals surface area contributed by atoms with Crippen molar-refractivity contribution in [2.24, 2.45) is 10.9 Å². The van der Waals surface area contributed by atoms with Crippen LogP contribution in [0, 0.1) is 5.92 Å². The van der Waals surface area contributed by atoms with Gasteiger partial charge in [0.05, 0.1) is 25.7 Å². The highest BCUT2D eigenvalue weighted by Gasteiger charge is 2.27. The van der Waals surface area contributed by atoms with Gasteiger partial charge in [-0.2, -0.15) is 0 Å². The van der Waals surface area contributed by atoms with E-state index in [2.05, 4.69) is 44.1 Å². The fourth-order valence-electron chi connectivity index (χ4n) is 3.74. The summed E-state index contributed by atoms with van der Waals surface area (Å²) >= 11 is 0. The van der Waals surface area contributed by atoms with E-state index in [1.165, 1.54) is 7.11 Å². The van der Waals surface area contributed by atoms with Crippen LogP contribution in [0.3, 0.4) is 0 Å². The van der Waals surface area contributed by atoms with Gasteiger partial charge in [0, 0.05) is 46.0 Å². The number of carbonyl (C=O) groups is 1. The van der Waals surface area contributed by atoms with Gasteiger partial charge in [0.25, 0.3) is 0 Å². The van der Waals surface area contributed by atoms with Gasteiger partial charge in [-0.1, -0.05) is 6.07 Å².